The molecule has 6 nitrogen and oxygen atoms in total. The molecule has 2 N–H and O–H groups in total. The maximum Gasteiger partial charge on any atom is 0.237 e. The van der Waals surface area contributed by atoms with Gasteiger partial charge < -0.3 is 19.7 Å². The number of aliphatic hydroxyl groups is 1. The topological polar surface area (TPSA) is 68.8 Å². The lowest BCUT2D eigenvalue weighted by Gasteiger charge is -2.29. The molecule has 0 saturated heterocycles. The van der Waals surface area contributed by atoms with Gasteiger partial charge in [-0.3, -0.25) is 9.69 Å². The molecule has 2 aromatic carbocycles. The van der Waals surface area contributed by atoms with Crippen molar-refractivity contribution < 1.29 is 14.6 Å². The van der Waals surface area contributed by atoms with Crippen LogP contribution in [0, 0.1) is 0 Å². The van der Waals surface area contributed by atoms with Crippen molar-refractivity contribution in [2.75, 3.05) is 39.9 Å². The molecular formula is C32H47N3O3. The second-order valence-electron chi connectivity index (χ2n) is 11.4. The second-order valence-corrected chi connectivity index (χ2v) is 11.4. The summed E-state index contributed by atoms with van der Waals surface area (Å²) in [7, 11) is 1.69. The molecule has 0 aliphatic rings. The van der Waals surface area contributed by atoms with Crippen LogP contribution in [-0.4, -0.2) is 71.8 Å². The molecule has 0 unspecified atom stereocenters. The second kappa shape index (κ2) is 14.5. The molecule has 208 valence electrons. The first-order valence-electron chi connectivity index (χ1n) is 14.0. The molecular weight excluding hydrogens is 474 g/mol. The van der Waals surface area contributed by atoms with E-state index in [0.717, 1.165) is 43.3 Å². The lowest BCUT2D eigenvalue weighted by molar-refractivity contribution is -0.133. The molecule has 38 heavy (non-hydrogen) atoms. The Labute approximate surface area is 229 Å². The van der Waals surface area contributed by atoms with Gasteiger partial charge >= 0.3 is 0 Å². The van der Waals surface area contributed by atoms with E-state index in [-0.39, 0.29) is 11.3 Å². The highest BCUT2D eigenvalue weighted by atomic mass is 16.5. The van der Waals surface area contributed by atoms with E-state index in [4.69, 9.17) is 4.74 Å². The minimum absolute atomic E-state index is 0.0887. The summed E-state index contributed by atoms with van der Waals surface area (Å²) in [5.74, 6) is 0.0888. The fourth-order valence-corrected chi connectivity index (χ4v) is 4.90. The SMILES string of the molecule is CCC[C@@H](O)CN(CCCOC)CC(=O)N(CCc1c[nH]c2ccccc12)Cc1ccc(C(C)(C)C)cc1. The molecule has 0 fully saturated rings. The van der Waals surface area contributed by atoms with E-state index >= 15 is 0 Å². The Morgan fingerprint density at radius 1 is 1.08 bits per heavy atom. The van der Waals surface area contributed by atoms with Crippen molar-refractivity contribution in [3.05, 3.63) is 71.4 Å². The monoisotopic (exact) mass is 521 g/mol. The number of carbonyl (C=O) groups excluding carboxylic acids is 1. The fraction of sp³-hybridized carbons (Fsp3) is 0.531. The number of hydrogen-bond donors (Lipinski definition) is 2. The predicted octanol–water partition coefficient (Wildman–Crippen LogP) is 5.54. The normalized spacial score (nSPS) is 12.8. The van der Waals surface area contributed by atoms with Gasteiger partial charge in [0.25, 0.3) is 0 Å². The predicted molar refractivity (Wildman–Crippen MR) is 156 cm³/mol. The first-order valence-corrected chi connectivity index (χ1v) is 14.0. The van der Waals surface area contributed by atoms with E-state index in [0.29, 0.717) is 32.8 Å². The number of H-pyrrole nitrogens is 1. The maximum absolute atomic E-state index is 13.7. The van der Waals surface area contributed by atoms with Gasteiger partial charge in [0, 0.05) is 57.0 Å². The zero-order valence-corrected chi connectivity index (χ0v) is 24.0. The zero-order chi connectivity index (χ0) is 27.5. The van der Waals surface area contributed by atoms with Crippen LogP contribution in [0.25, 0.3) is 10.9 Å². The van der Waals surface area contributed by atoms with E-state index in [9.17, 15) is 9.90 Å². The van der Waals surface area contributed by atoms with Crippen molar-refractivity contribution in [3.8, 4) is 0 Å². The number of rotatable bonds is 15. The minimum Gasteiger partial charge on any atom is -0.392 e. The smallest absolute Gasteiger partial charge is 0.237 e. The standard InChI is InChI=1S/C32H47N3O3/c1-6-10-28(36)23-34(18-9-20-38-5)24-31(37)35(22-25-13-15-27(16-14-25)32(2,3)4)19-17-26-21-33-30-12-8-7-11-29(26)30/h7-8,11-16,21,28,33,36H,6,9-10,17-20,22-24H2,1-5H3/t28-/m1/s1. The Kier molecular flexibility index (Phi) is 11.4. The Hall–Kier alpha value is -2.67. The van der Waals surface area contributed by atoms with Crippen molar-refractivity contribution in [2.24, 2.45) is 0 Å². The van der Waals surface area contributed by atoms with E-state index in [2.05, 4.69) is 86.2 Å². The van der Waals surface area contributed by atoms with E-state index in [1.54, 1.807) is 7.11 Å². The van der Waals surface area contributed by atoms with Crippen LogP contribution < -0.4 is 0 Å². The molecule has 0 aliphatic heterocycles. The number of ether oxygens (including phenoxy) is 1. The summed E-state index contributed by atoms with van der Waals surface area (Å²) in [4.78, 5) is 21.2. The van der Waals surface area contributed by atoms with Crippen LogP contribution in [0.15, 0.2) is 54.7 Å². The average molecular weight is 522 g/mol. The number of benzene rings is 2. The Balaban J connectivity index is 1.77. The first-order chi connectivity index (χ1) is 18.2. The molecule has 0 bridgehead atoms. The molecule has 1 atom stereocenters. The molecule has 3 rings (SSSR count). The number of aromatic amines is 1. The minimum atomic E-state index is -0.431. The van der Waals surface area contributed by atoms with Gasteiger partial charge in [0.05, 0.1) is 12.6 Å². The number of hydrogen-bond acceptors (Lipinski definition) is 4. The van der Waals surface area contributed by atoms with Gasteiger partial charge in [-0.2, -0.15) is 0 Å². The quantitative estimate of drug-likeness (QED) is 0.258. The molecule has 0 aliphatic carbocycles. The number of amides is 1. The lowest BCUT2D eigenvalue weighted by atomic mass is 9.87. The van der Waals surface area contributed by atoms with Crippen LogP contribution in [-0.2, 0) is 27.9 Å². The lowest BCUT2D eigenvalue weighted by Crippen LogP contribution is -2.44. The Bertz CT molecular complexity index is 1120. The summed E-state index contributed by atoms with van der Waals surface area (Å²) in [6, 6.07) is 16.9. The molecule has 0 saturated carbocycles. The number of carbonyl (C=O) groups is 1. The number of aliphatic hydroxyl groups excluding tert-OH is 1. The summed E-state index contributed by atoms with van der Waals surface area (Å²) in [6.45, 7) is 12.0. The number of fused-ring (bicyclic) bond motifs is 1. The molecule has 1 aromatic heterocycles. The van der Waals surface area contributed by atoms with Gasteiger partial charge in [-0.05, 0) is 47.4 Å². The van der Waals surface area contributed by atoms with E-state index in [1.165, 1.54) is 16.5 Å². The van der Waals surface area contributed by atoms with Crippen molar-refractivity contribution in [2.45, 2.75) is 71.4 Å². The van der Waals surface area contributed by atoms with Crippen LogP contribution in [0.3, 0.4) is 0 Å². The average Bonchev–Trinajstić information content (AvgIpc) is 3.29. The Morgan fingerprint density at radius 3 is 2.50 bits per heavy atom. The van der Waals surface area contributed by atoms with Gasteiger partial charge in [0.1, 0.15) is 0 Å². The third-order valence-corrected chi connectivity index (χ3v) is 7.14. The van der Waals surface area contributed by atoms with Crippen molar-refractivity contribution in [1.82, 2.24) is 14.8 Å². The summed E-state index contributed by atoms with van der Waals surface area (Å²) < 4.78 is 5.24. The summed E-state index contributed by atoms with van der Waals surface area (Å²) in [5, 5.41) is 11.7. The third kappa shape index (κ3) is 8.97. The van der Waals surface area contributed by atoms with Crippen LogP contribution in [0.4, 0.5) is 0 Å². The summed E-state index contributed by atoms with van der Waals surface area (Å²) >= 11 is 0. The molecule has 0 radical (unpaired) electrons. The molecule has 1 amide bonds. The first kappa shape index (κ1) is 29.9. The number of methoxy groups -OCH3 is 1. The van der Waals surface area contributed by atoms with E-state index in [1.807, 2.05) is 11.0 Å². The van der Waals surface area contributed by atoms with Gasteiger partial charge in [0.2, 0.25) is 5.91 Å². The van der Waals surface area contributed by atoms with Crippen molar-refractivity contribution >= 4 is 16.8 Å². The highest BCUT2D eigenvalue weighted by Gasteiger charge is 2.21. The number of nitrogens with one attached hydrogen (secondary N) is 1. The number of aromatic nitrogens is 1. The van der Waals surface area contributed by atoms with Crippen LogP contribution in [0.1, 0.15) is 63.6 Å². The van der Waals surface area contributed by atoms with Crippen LogP contribution in [0.5, 0.6) is 0 Å². The highest BCUT2D eigenvalue weighted by Crippen LogP contribution is 2.23. The van der Waals surface area contributed by atoms with Gasteiger partial charge in [-0.15, -0.1) is 0 Å². The zero-order valence-electron chi connectivity index (χ0n) is 24.0. The summed E-state index contributed by atoms with van der Waals surface area (Å²) in [6.07, 6.45) is 4.88. The highest BCUT2D eigenvalue weighted by molar-refractivity contribution is 5.83. The summed E-state index contributed by atoms with van der Waals surface area (Å²) in [5.41, 5.74) is 4.84. The van der Waals surface area contributed by atoms with Crippen molar-refractivity contribution in [3.63, 3.8) is 0 Å². The van der Waals surface area contributed by atoms with Gasteiger partial charge in [-0.1, -0.05) is 76.6 Å². The Morgan fingerprint density at radius 2 is 1.82 bits per heavy atom. The van der Waals surface area contributed by atoms with Crippen LogP contribution in [0.2, 0.25) is 0 Å². The molecule has 1 heterocycles. The molecule has 6 heteroatoms. The van der Waals surface area contributed by atoms with Gasteiger partial charge in [0.15, 0.2) is 0 Å². The molecule has 0 spiro atoms. The largest absolute Gasteiger partial charge is 0.392 e. The van der Waals surface area contributed by atoms with Gasteiger partial charge in [-0.25, -0.2) is 0 Å². The van der Waals surface area contributed by atoms with E-state index < -0.39 is 6.10 Å². The molecule has 3 aromatic rings. The number of nitrogens with zero attached hydrogens (tertiary/aromatic N) is 2. The maximum atomic E-state index is 13.7. The number of para-hydroxylation sites is 1. The third-order valence-electron chi connectivity index (χ3n) is 7.14. The van der Waals surface area contributed by atoms with Crippen LogP contribution >= 0.6 is 0 Å². The van der Waals surface area contributed by atoms with Crippen molar-refractivity contribution in [1.29, 1.82) is 0 Å². The fourth-order valence-electron chi connectivity index (χ4n) is 4.90.